The molecule has 2 amide bonds. The number of pyridine rings is 1. The van der Waals surface area contributed by atoms with Crippen molar-refractivity contribution < 1.29 is 9.59 Å². The molecule has 0 aliphatic carbocycles. The zero-order chi connectivity index (χ0) is 18.2. The van der Waals surface area contributed by atoms with Crippen LogP contribution >= 0.6 is 0 Å². The van der Waals surface area contributed by atoms with Crippen LogP contribution in [0, 0.1) is 0 Å². The van der Waals surface area contributed by atoms with E-state index >= 15 is 0 Å². The van der Waals surface area contributed by atoms with Crippen LogP contribution in [0.2, 0.25) is 0 Å². The Morgan fingerprint density at radius 1 is 1.08 bits per heavy atom. The maximum absolute atomic E-state index is 12.3. The molecule has 0 spiro atoms. The zero-order valence-corrected chi connectivity index (χ0v) is 14.8. The first-order valence-electron chi connectivity index (χ1n) is 9.02. The fraction of sp³-hybridized carbons (Fsp3) is 0.350. The van der Waals surface area contributed by atoms with Gasteiger partial charge in [0.1, 0.15) is 5.69 Å². The van der Waals surface area contributed by atoms with Crippen molar-refractivity contribution in [3.8, 4) is 0 Å². The van der Waals surface area contributed by atoms with Crippen LogP contribution in [0.4, 0.5) is 5.69 Å². The molecule has 2 aromatic rings. The number of hydrogen-bond acceptors (Lipinski definition) is 4. The second-order valence-corrected chi connectivity index (χ2v) is 6.36. The molecule has 1 aliphatic heterocycles. The fourth-order valence-corrected chi connectivity index (χ4v) is 2.97. The lowest BCUT2D eigenvalue weighted by Crippen LogP contribution is -2.29. The molecular weight excluding hydrogens is 328 g/mol. The molecule has 0 bridgehead atoms. The van der Waals surface area contributed by atoms with Crippen molar-refractivity contribution in [1.82, 2.24) is 15.2 Å². The normalized spacial score (nSPS) is 13.5. The minimum absolute atomic E-state index is 0.185. The first-order valence-corrected chi connectivity index (χ1v) is 9.02. The average molecular weight is 352 g/mol. The molecule has 1 aromatic carbocycles. The third-order valence-corrected chi connectivity index (χ3v) is 4.42. The van der Waals surface area contributed by atoms with Crippen molar-refractivity contribution in [2.75, 3.05) is 25.0 Å². The van der Waals surface area contributed by atoms with Crippen LogP contribution in [-0.4, -0.2) is 41.3 Å². The van der Waals surface area contributed by atoms with Gasteiger partial charge >= 0.3 is 0 Å². The number of hydrogen-bond donors (Lipinski definition) is 2. The van der Waals surface area contributed by atoms with Crippen molar-refractivity contribution in [3.05, 3.63) is 59.9 Å². The molecule has 136 valence electrons. The van der Waals surface area contributed by atoms with Gasteiger partial charge in [-0.15, -0.1) is 0 Å². The Morgan fingerprint density at radius 2 is 1.85 bits per heavy atom. The van der Waals surface area contributed by atoms with Crippen LogP contribution in [0.25, 0.3) is 0 Å². The summed E-state index contributed by atoms with van der Waals surface area (Å²) in [6.45, 7) is 2.76. The van der Waals surface area contributed by atoms with E-state index in [-0.39, 0.29) is 11.8 Å². The number of nitrogens with zero attached hydrogens (tertiary/aromatic N) is 2. The van der Waals surface area contributed by atoms with Gasteiger partial charge in [-0.2, -0.15) is 0 Å². The average Bonchev–Trinajstić information content (AvgIpc) is 3.22. The van der Waals surface area contributed by atoms with Gasteiger partial charge in [0.15, 0.2) is 0 Å². The summed E-state index contributed by atoms with van der Waals surface area (Å²) in [6, 6.07) is 13.2. The molecule has 0 unspecified atom stereocenters. The molecule has 0 radical (unpaired) electrons. The summed E-state index contributed by atoms with van der Waals surface area (Å²) in [6.07, 6.45) is 4.26. The summed E-state index contributed by atoms with van der Waals surface area (Å²) >= 11 is 0. The smallest absolute Gasteiger partial charge is 0.270 e. The summed E-state index contributed by atoms with van der Waals surface area (Å²) in [5.41, 5.74) is 2.19. The SMILES string of the molecule is O=C(NCc1ccccc1)c1cc(NCCC(=O)N2CCCC2)ccn1. The topological polar surface area (TPSA) is 74.3 Å². The van der Waals surface area contributed by atoms with Gasteiger partial charge in [-0.05, 0) is 30.5 Å². The second-order valence-electron chi connectivity index (χ2n) is 6.36. The highest BCUT2D eigenvalue weighted by atomic mass is 16.2. The predicted molar refractivity (Wildman–Crippen MR) is 101 cm³/mol. The van der Waals surface area contributed by atoms with E-state index in [0.717, 1.165) is 37.2 Å². The maximum atomic E-state index is 12.3. The molecule has 1 aromatic heterocycles. The van der Waals surface area contributed by atoms with E-state index in [2.05, 4.69) is 15.6 Å². The largest absolute Gasteiger partial charge is 0.384 e. The third-order valence-electron chi connectivity index (χ3n) is 4.42. The number of benzene rings is 1. The number of nitrogens with one attached hydrogen (secondary N) is 2. The van der Waals surface area contributed by atoms with Gasteiger partial charge in [0.05, 0.1) is 0 Å². The van der Waals surface area contributed by atoms with Crippen LogP contribution < -0.4 is 10.6 Å². The van der Waals surface area contributed by atoms with Gasteiger partial charge in [-0.3, -0.25) is 14.6 Å². The number of rotatable bonds is 7. The third kappa shape index (κ3) is 5.05. The first-order chi connectivity index (χ1) is 12.7. The number of aromatic nitrogens is 1. The van der Waals surface area contributed by atoms with Gasteiger partial charge in [0, 0.05) is 44.5 Å². The highest BCUT2D eigenvalue weighted by molar-refractivity contribution is 5.93. The van der Waals surface area contributed by atoms with E-state index in [1.807, 2.05) is 35.2 Å². The van der Waals surface area contributed by atoms with Crippen molar-refractivity contribution in [1.29, 1.82) is 0 Å². The Labute approximate surface area is 153 Å². The molecule has 6 heteroatoms. The lowest BCUT2D eigenvalue weighted by molar-refractivity contribution is -0.129. The van der Waals surface area contributed by atoms with Crippen LogP contribution in [0.15, 0.2) is 48.7 Å². The van der Waals surface area contributed by atoms with Gasteiger partial charge in [-0.1, -0.05) is 30.3 Å². The van der Waals surface area contributed by atoms with E-state index in [1.54, 1.807) is 18.3 Å². The first kappa shape index (κ1) is 17.9. The molecule has 1 aliphatic rings. The predicted octanol–water partition coefficient (Wildman–Crippen LogP) is 2.44. The summed E-state index contributed by atoms with van der Waals surface area (Å²) in [4.78, 5) is 30.3. The van der Waals surface area contributed by atoms with E-state index in [1.165, 1.54) is 0 Å². The monoisotopic (exact) mass is 352 g/mol. The van der Waals surface area contributed by atoms with Gasteiger partial charge in [0.25, 0.3) is 5.91 Å². The molecule has 1 saturated heterocycles. The molecule has 6 nitrogen and oxygen atoms in total. The molecule has 2 heterocycles. The molecule has 1 fully saturated rings. The molecule has 2 N–H and O–H groups in total. The summed E-state index contributed by atoms with van der Waals surface area (Å²) in [5, 5.41) is 6.06. The van der Waals surface area contributed by atoms with Crippen molar-refractivity contribution >= 4 is 17.5 Å². The molecule has 0 atom stereocenters. The lowest BCUT2D eigenvalue weighted by Gasteiger charge is -2.15. The summed E-state index contributed by atoms with van der Waals surface area (Å²) in [5.74, 6) is -0.0319. The number of likely N-dealkylation sites (tertiary alicyclic amines) is 1. The van der Waals surface area contributed by atoms with Crippen LogP contribution in [0.5, 0.6) is 0 Å². The van der Waals surface area contributed by atoms with E-state index in [4.69, 9.17) is 0 Å². The second kappa shape index (κ2) is 8.99. The Morgan fingerprint density at radius 3 is 2.62 bits per heavy atom. The molecular formula is C20H24N4O2. The van der Waals surface area contributed by atoms with Crippen molar-refractivity contribution in [2.45, 2.75) is 25.8 Å². The number of carbonyl (C=O) groups excluding carboxylic acids is 2. The van der Waals surface area contributed by atoms with Gasteiger partial charge < -0.3 is 15.5 Å². The highest BCUT2D eigenvalue weighted by Gasteiger charge is 2.17. The number of amides is 2. The zero-order valence-electron chi connectivity index (χ0n) is 14.8. The van der Waals surface area contributed by atoms with Gasteiger partial charge in [0.2, 0.25) is 5.91 Å². The Kier molecular flexibility index (Phi) is 6.19. The molecule has 0 saturated carbocycles. The molecule has 3 rings (SSSR count). The van der Waals surface area contributed by atoms with Crippen LogP contribution in [-0.2, 0) is 11.3 Å². The summed E-state index contributed by atoms with van der Waals surface area (Å²) in [7, 11) is 0. The minimum Gasteiger partial charge on any atom is -0.384 e. The fourth-order valence-electron chi connectivity index (χ4n) is 2.97. The summed E-state index contributed by atoms with van der Waals surface area (Å²) < 4.78 is 0. The van der Waals surface area contributed by atoms with Crippen molar-refractivity contribution in [3.63, 3.8) is 0 Å². The van der Waals surface area contributed by atoms with Crippen molar-refractivity contribution in [2.24, 2.45) is 0 Å². The Hall–Kier alpha value is -2.89. The lowest BCUT2D eigenvalue weighted by atomic mass is 10.2. The van der Waals surface area contributed by atoms with E-state index in [0.29, 0.717) is 25.2 Å². The Bertz CT molecular complexity index is 742. The van der Waals surface area contributed by atoms with Crippen LogP contribution in [0.3, 0.4) is 0 Å². The van der Waals surface area contributed by atoms with E-state index < -0.39 is 0 Å². The standard InChI is InChI=1S/C20H24N4O2/c25-19(24-12-4-5-13-24)9-11-21-17-8-10-22-18(14-17)20(26)23-15-16-6-2-1-3-7-16/h1-3,6-8,10,14H,4-5,9,11-13,15H2,(H,21,22)(H,23,26). The molecule has 26 heavy (non-hydrogen) atoms. The number of anilines is 1. The maximum Gasteiger partial charge on any atom is 0.270 e. The number of carbonyl (C=O) groups is 2. The highest BCUT2D eigenvalue weighted by Crippen LogP contribution is 2.11. The minimum atomic E-state index is -0.217. The Balaban J connectivity index is 1.47. The van der Waals surface area contributed by atoms with Crippen LogP contribution in [0.1, 0.15) is 35.3 Å². The van der Waals surface area contributed by atoms with E-state index in [9.17, 15) is 9.59 Å². The van der Waals surface area contributed by atoms with Gasteiger partial charge in [-0.25, -0.2) is 0 Å². The quantitative estimate of drug-likeness (QED) is 0.803.